The minimum Gasteiger partial charge on any atom is -0.493 e. The van der Waals surface area contributed by atoms with Crippen molar-refractivity contribution in [1.29, 1.82) is 0 Å². The molecular formula is C18H25N3O6. The number of benzene rings is 1. The number of ether oxygens (including phenoxy) is 2. The monoisotopic (exact) mass is 379 g/mol. The predicted molar refractivity (Wildman–Crippen MR) is 99.0 cm³/mol. The van der Waals surface area contributed by atoms with Crippen molar-refractivity contribution >= 4 is 24.0 Å². The molecule has 0 heterocycles. The van der Waals surface area contributed by atoms with Crippen molar-refractivity contribution in [3.63, 3.8) is 0 Å². The van der Waals surface area contributed by atoms with Gasteiger partial charge in [0.1, 0.15) is 5.75 Å². The van der Waals surface area contributed by atoms with E-state index in [0.717, 1.165) is 0 Å². The molecule has 0 saturated carbocycles. The highest BCUT2D eigenvalue weighted by Crippen LogP contribution is 2.18. The van der Waals surface area contributed by atoms with Gasteiger partial charge in [-0.2, -0.15) is 5.10 Å². The molecular weight excluding hydrogens is 354 g/mol. The molecule has 2 amide bonds. The second-order valence-electron chi connectivity index (χ2n) is 5.72. The molecule has 9 nitrogen and oxygen atoms in total. The molecule has 0 bridgehead atoms. The van der Waals surface area contributed by atoms with E-state index in [-0.39, 0.29) is 11.7 Å². The number of nitrogens with one attached hydrogen (secondary N) is 2. The Bertz CT molecular complexity index is 688. The van der Waals surface area contributed by atoms with Gasteiger partial charge in [-0.15, -0.1) is 0 Å². The third-order valence-corrected chi connectivity index (χ3v) is 3.19. The van der Waals surface area contributed by atoms with Crippen LogP contribution in [-0.4, -0.2) is 55.0 Å². The van der Waals surface area contributed by atoms with Crippen LogP contribution in [0.4, 0.5) is 0 Å². The number of carboxylic acid groups (broad SMARTS) is 1. The van der Waals surface area contributed by atoms with Gasteiger partial charge in [0, 0.05) is 18.7 Å². The third kappa shape index (κ3) is 8.32. The molecule has 0 fully saturated rings. The lowest BCUT2D eigenvalue weighted by Gasteiger charge is -2.08. The molecule has 9 heteroatoms. The van der Waals surface area contributed by atoms with E-state index in [9.17, 15) is 14.4 Å². The van der Waals surface area contributed by atoms with Gasteiger partial charge in [-0.1, -0.05) is 0 Å². The Balaban J connectivity index is 2.57. The summed E-state index contributed by atoms with van der Waals surface area (Å²) in [6.07, 6.45) is 1.92. The van der Waals surface area contributed by atoms with Gasteiger partial charge in [0.05, 0.1) is 24.5 Å². The minimum atomic E-state index is -1.10. The molecule has 0 aromatic heterocycles. The average Bonchev–Trinajstić information content (AvgIpc) is 2.62. The fraction of sp³-hybridized carbons (Fsp3) is 0.444. The van der Waals surface area contributed by atoms with E-state index in [1.165, 1.54) is 24.4 Å². The molecule has 3 N–H and O–H groups in total. The van der Waals surface area contributed by atoms with Crippen molar-refractivity contribution < 1.29 is 29.0 Å². The lowest BCUT2D eigenvalue weighted by Crippen LogP contribution is -2.38. The molecule has 27 heavy (non-hydrogen) atoms. The quantitative estimate of drug-likeness (QED) is 0.242. The number of nitrogens with zero attached hydrogens (tertiary/aromatic N) is 1. The minimum absolute atomic E-state index is 0.0487. The standard InChI is InChI=1S/C18H25N3O6/c1-4-26-15-7-6-13(18(24)25)10-14(15)11-20-21-17(23)16(22)19-8-5-9-27-12(2)3/h6-7,10-12H,4-5,8-9H2,1-3H3,(H,19,22)(H,21,23)(H,24,25)/b20-11-. The number of hydrazone groups is 1. The number of rotatable bonds is 10. The smallest absolute Gasteiger partial charge is 0.335 e. The van der Waals surface area contributed by atoms with Gasteiger partial charge in [-0.05, 0) is 45.4 Å². The Morgan fingerprint density at radius 3 is 2.63 bits per heavy atom. The van der Waals surface area contributed by atoms with Gasteiger partial charge in [-0.3, -0.25) is 9.59 Å². The molecule has 0 aliphatic rings. The lowest BCUT2D eigenvalue weighted by molar-refractivity contribution is -0.139. The van der Waals surface area contributed by atoms with Crippen LogP contribution < -0.4 is 15.5 Å². The number of carbonyl (C=O) groups is 3. The maximum absolute atomic E-state index is 11.7. The van der Waals surface area contributed by atoms with E-state index in [4.69, 9.17) is 14.6 Å². The summed E-state index contributed by atoms with van der Waals surface area (Å²) >= 11 is 0. The van der Waals surface area contributed by atoms with Crippen molar-refractivity contribution in [2.75, 3.05) is 19.8 Å². The van der Waals surface area contributed by atoms with Gasteiger partial charge in [0.25, 0.3) is 0 Å². The number of aromatic carboxylic acids is 1. The molecule has 0 saturated heterocycles. The zero-order valence-corrected chi connectivity index (χ0v) is 15.7. The normalized spacial score (nSPS) is 10.8. The number of carbonyl (C=O) groups excluding carboxylic acids is 2. The molecule has 0 radical (unpaired) electrons. The van der Waals surface area contributed by atoms with E-state index < -0.39 is 17.8 Å². The number of carboxylic acids is 1. The second-order valence-corrected chi connectivity index (χ2v) is 5.72. The van der Waals surface area contributed by atoms with E-state index in [2.05, 4.69) is 15.8 Å². The SMILES string of the molecule is CCOc1ccc(C(=O)O)cc1/C=N\NC(=O)C(=O)NCCCOC(C)C. The van der Waals surface area contributed by atoms with Crippen molar-refractivity contribution in [1.82, 2.24) is 10.7 Å². The summed E-state index contributed by atoms with van der Waals surface area (Å²) in [4.78, 5) is 34.4. The van der Waals surface area contributed by atoms with Crippen LogP contribution in [0.3, 0.4) is 0 Å². The highest BCUT2D eigenvalue weighted by atomic mass is 16.5. The molecule has 0 atom stereocenters. The fourth-order valence-corrected chi connectivity index (χ4v) is 1.95. The second kappa shape index (κ2) is 11.6. The van der Waals surface area contributed by atoms with Crippen LogP contribution in [0, 0.1) is 0 Å². The molecule has 0 aliphatic carbocycles. The summed E-state index contributed by atoms with van der Waals surface area (Å²) in [5, 5.41) is 15.2. The molecule has 148 valence electrons. The van der Waals surface area contributed by atoms with Crippen molar-refractivity contribution in [3.05, 3.63) is 29.3 Å². The highest BCUT2D eigenvalue weighted by molar-refractivity contribution is 6.35. The first-order valence-electron chi connectivity index (χ1n) is 8.58. The summed E-state index contributed by atoms with van der Waals surface area (Å²) in [5.41, 5.74) is 2.51. The maximum Gasteiger partial charge on any atom is 0.335 e. The Morgan fingerprint density at radius 1 is 1.26 bits per heavy atom. The molecule has 1 aromatic carbocycles. The summed E-state index contributed by atoms with van der Waals surface area (Å²) in [7, 11) is 0. The topological polar surface area (TPSA) is 126 Å². The summed E-state index contributed by atoms with van der Waals surface area (Å²) < 4.78 is 10.7. The van der Waals surface area contributed by atoms with Gasteiger partial charge in [0.2, 0.25) is 0 Å². The lowest BCUT2D eigenvalue weighted by atomic mass is 10.1. The van der Waals surface area contributed by atoms with Gasteiger partial charge in [-0.25, -0.2) is 10.2 Å². The Hall–Kier alpha value is -2.94. The van der Waals surface area contributed by atoms with Gasteiger partial charge in [0.15, 0.2) is 0 Å². The van der Waals surface area contributed by atoms with Crippen LogP contribution in [0.1, 0.15) is 43.1 Å². The zero-order valence-electron chi connectivity index (χ0n) is 15.7. The average molecular weight is 379 g/mol. The molecule has 0 spiro atoms. The number of hydrogen-bond acceptors (Lipinski definition) is 6. The van der Waals surface area contributed by atoms with E-state index >= 15 is 0 Å². The number of amides is 2. The van der Waals surface area contributed by atoms with Crippen LogP contribution >= 0.6 is 0 Å². The highest BCUT2D eigenvalue weighted by Gasteiger charge is 2.12. The van der Waals surface area contributed by atoms with Crippen LogP contribution in [0.25, 0.3) is 0 Å². The molecule has 0 unspecified atom stereocenters. The van der Waals surface area contributed by atoms with Crippen molar-refractivity contribution in [2.45, 2.75) is 33.3 Å². The fourth-order valence-electron chi connectivity index (χ4n) is 1.95. The van der Waals surface area contributed by atoms with E-state index in [0.29, 0.717) is 37.5 Å². The van der Waals surface area contributed by atoms with Crippen LogP contribution in [-0.2, 0) is 14.3 Å². The summed E-state index contributed by atoms with van der Waals surface area (Å²) in [5.74, 6) is -2.43. The third-order valence-electron chi connectivity index (χ3n) is 3.19. The molecule has 1 rings (SSSR count). The van der Waals surface area contributed by atoms with Crippen LogP contribution in [0.5, 0.6) is 5.75 Å². The van der Waals surface area contributed by atoms with Gasteiger partial charge < -0.3 is 19.9 Å². The molecule has 1 aromatic rings. The largest absolute Gasteiger partial charge is 0.493 e. The zero-order chi connectivity index (χ0) is 20.2. The van der Waals surface area contributed by atoms with Crippen LogP contribution in [0.15, 0.2) is 23.3 Å². The Morgan fingerprint density at radius 2 is 2.00 bits per heavy atom. The van der Waals surface area contributed by atoms with E-state index in [1.807, 2.05) is 13.8 Å². The maximum atomic E-state index is 11.7. The number of hydrogen-bond donors (Lipinski definition) is 3. The Kier molecular flexibility index (Phi) is 9.52. The van der Waals surface area contributed by atoms with Crippen molar-refractivity contribution in [2.24, 2.45) is 5.10 Å². The first kappa shape index (κ1) is 22.1. The Labute approximate surface area is 157 Å². The predicted octanol–water partition coefficient (Wildman–Crippen LogP) is 1.16. The first-order chi connectivity index (χ1) is 12.8. The van der Waals surface area contributed by atoms with Crippen molar-refractivity contribution in [3.8, 4) is 5.75 Å². The summed E-state index contributed by atoms with van der Waals surface area (Å²) in [6, 6.07) is 4.26. The first-order valence-corrected chi connectivity index (χ1v) is 8.58. The van der Waals surface area contributed by atoms with E-state index in [1.54, 1.807) is 6.92 Å². The summed E-state index contributed by atoms with van der Waals surface area (Å²) in [6.45, 7) is 6.77. The van der Waals surface area contributed by atoms with Gasteiger partial charge >= 0.3 is 17.8 Å². The van der Waals surface area contributed by atoms with Crippen LogP contribution in [0.2, 0.25) is 0 Å². The molecule has 0 aliphatic heterocycles.